The molecule has 0 aliphatic carbocycles. The summed E-state index contributed by atoms with van der Waals surface area (Å²) in [5.74, 6) is 0.799. The quantitative estimate of drug-likeness (QED) is 0.489. The molecular formula is C23H20N2O2S2. The highest BCUT2D eigenvalue weighted by Gasteiger charge is 2.30. The van der Waals surface area contributed by atoms with Crippen molar-refractivity contribution >= 4 is 45.9 Å². The Labute approximate surface area is 178 Å². The number of ether oxygens (including phenoxy) is 1. The molecule has 4 rings (SSSR count). The van der Waals surface area contributed by atoms with Crippen molar-refractivity contribution in [2.75, 3.05) is 14.2 Å². The van der Waals surface area contributed by atoms with E-state index in [2.05, 4.69) is 17.1 Å². The molecule has 1 fully saturated rings. The summed E-state index contributed by atoms with van der Waals surface area (Å²) in [6, 6.07) is 20.0. The zero-order valence-electron chi connectivity index (χ0n) is 16.4. The van der Waals surface area contributed by atoms with Gasteiger partial charge in [0.25, 0.3) is 5.91 Å². The Balaban J connectivity index is 1.58. The Morgan fingerprint density at radius 2 is 1.86 bits per heavy atom. The molecule has 29 heavy (non-hydrogen) atoms. The van der Waals surface area contributed by atoms with Crippen LogP contribution in [0.15, 0.2) is 70.6 Å². The number of hydrogen-bond acceptors (Lipinski definition) is 5. The molecule has 1 saturated heterocycles. The second-order valence-electron chi connectivity index (χ2n) is 6.64. The van der Waals surface area contributed by atoms with Crippen molar-refractivity contribution in [1.29, 1.82) is 0 Å². The van der Waals surface area contributed by atoms with E-state index in [9.17, 15) is 4.79 Å². The van der Waals surface area contributed by atoms with Crippen molar-refractivity contribution in [3.8, 4) is 16.2 Å². The van der Waals surface area contributed by atoms with E-state index < -0.39 is 0 Å². The predicted molar refractivity (Wildman–Crippen MR) is 123 cm³/mol. The monoisotopic (exact) mass is 420 g/mol. The van der Waals surface area contributed by atoms with Crippen LogP contribution in [-0.4, -0.2) is 30.1 Å². The number of carbonyl (C=O) groups excluding carboxylic acids is 1. The van der Waals surface area contributed by atoms with Crippen LogP contribution in [0, 0.1) is 6.92 Å². The SMILES string of the molecule is COc1cccc(-c2ccc(/C=C3\S/C(=N/c4ccc(C)cc4)N(C)C3=O)s2)c1. The summed E-state index contributed by atoms with van der Waals surface area (Å²) in [5.41, 5.74) is 3.13. The van der Waals surface area contributed by atoms with Gasteiger partial charge in [0.2, 0.25) is 0 Å². The molecule has 6 heteroatoms. The smallest absolute Gasteiger partial charge is 0.266 e. The highest BCUT2D eigenvalue weighted by atomic mass is 32.2. The van der Waals surface area contributed by atoms with Crippen LogP contribution >= 0.6 is 23.1 Å². The number of thioether (sulfide) groups is 1. The number of rotatable bonds is 4. The van der Waals surface area contributed by atoms with Crippen LogP contribution in [0.3, 0.4) is 0 Å². The minimum Gasteiger partial charge on any atom is -0.497 e. The number of aryl methyl sites for hydroxylation is 1. The molecule has 2 heterocycles. The van der Waals surface area contributed by atoms with Crippen molar-refractivity contribution < 1.29 is 9.53 Å². The highest BCUT2D eigenvalue weighted by molar-refractivity contribution is 8.18. The molecule has 1 aliphatic rings. The summed E-state index contributed by atoms with van der Waals surface area (Å²) in [5, 5.41) is 0.690. The van der Waals surface area contributed by atoms with Gasteiger partial charge >= 0.3 is 0 Å². The van der Waals surface area contributed by atoms with E-state index in [0.717, 1.165) is 26.8 Å². The molecule has 1 amide bonds. The number of hydrogen-bond donors (Lipinski definition) is 0. The number of likely N-dealkylation sites (N-methyl/N-ethyl adjacent to an activating group) is 1. The maximum atomic E-state index is 12.7. The Bertz CT molecular complexity index is 1110. The molecule has 1 aromatic heterocycles. The van der Waals surface area contributed by atoms with E-state index in [1.54, 1.807) is 30.4 Å². The van der Waals surface area contributed by atoms with E-state index in [4.69, 9.17) is 4.74 Å². The largest absolute Gasteiger partial charge is 0.497 e. The first kappa shape index (κ1) is 19.5. The van der Waals surface area contributed by atoms with Gasteiger partial charge in [0, 0.05) is 16.8 Å². The van der Waals surface area contributed by atoms with Crippen LogP contribution in [0.25, 0.3) is 16.5 Å². The molecule has 3 aromatic rings. The van der Waals surface area contributed by atoms with E-state index >= 15 is 0 Å². The Hall–Kier alpha value is -2.83. The maximum Gasteiger partial charge on any atom is 0.266 e. The fourth-order valence-corrected chi connectivity index (χ4v) is 4.87. The molecule has 0 bridgehead atoms. The summed E-state index contributed by atoms with van der Waals surface area (Å²) in [6.45, 7) is 2.04. The number of carbonyl (C=O) groups is 1. The number of aliphatic imine (C=N–C) groups is 1. The molecular weight excluding hydrogens is 400 g/mol. The lowest BCUT2D eigenvalue weighted by Crippen LogP contribution is -2.23. The fraction of sp³-hybridized carbons (Fsp3) is 0.130. The summed E-state index contributed by atoms with van der Waals surface area (Å²) in [7, 11) is 3.43. The number of nitrogens with zero attached hydrogens (tertiary/aromatic N) is 2. The van der Waals surface area contributed by atoms with Gasteiger partial charge < -0.3 is 4.74 Å². The second-order valence-corrected chi connectivity index (χ2v) is 8.76. The third kappa shape index (κ3) is 4.28. The molecule has 0 saturated carbocycles. The van der Waals surface area contributed by atoms with Crippen LogP contribution in [-0.2, 0) is 4.79 Å². The lowest BCUT2D eigenvalue weighted by atomic mass is 10.2. The Kier molecular flexibility index (Phi) is 5.56. The summed E-state index contributed by atoms with van der Waals surface area (Å²) < 4.78 is 5.31. The van der Waals surface area contributed by atoms with Crippen molar-refractivity contribution in [3.63, 3.8) is 0 Å². The third-order valence-corrected chi connectivity index (χ3v) is 6.66. The van der Waals surface area contributed by atoms with Crippen LogP contribution < -0.4 is 4.74 Å². The van der Waals surface area contributed by atoms with Gasteiger partial charge in [-0.2, -0.15) is 0 Å². The number of methoxy groups -OCH3 is 1. The zero-order chi connectivity index (χ0) is 20.4. The predicted octanol–water partition coefficient (Wildman–Crippen LogP) is 5.97. The third-order valence-electron chi connectivity index (χ3n) is 4.52. The van der Waals surface area contributed by atoms with Crippen LogP contribution in [0.5, 0.6) is 5.75 Å². The van der Waals surface area contributed by atoms with Crippen molar-refractivity contribution in [2.45, 2.75) is 6.92 Å². The van der Waals surface area contributed by atoms with Crippen LogP contribution in [0.2, 0.25) is 0 Å². The normalized spacial score (nSPS) is 16.8. The second kappa shape index (κ2) is 8.27. The fourth-order valence-electron chi connectivity index (χ4n) is 2.87. The highest BCUT2D eigenvalue weighted by Crippen LogP contribution is 2.36. The van der Waals surface area contributed by atoms with Gasteiger partial charge in [0.1, 0.15) is 5.75 Å². The molecule has 1 aliphatic heterocycles. The van der Waals surface area contributed by atoms with Crippen molar-refractivity contribution in [1.82, 2.24) is 4.90 Å². The molecule has 146 valence electrons. The van der Waals surface area contributed by atoms with Gasteiger partial charge in [-0.05, 0) is 66.7 Å². The standard InChI is InChI=1S/C23H20N2O2S2/c1-15-7-9-17(10-8-15)24-23-25(2)22(26)21(29-23)14-19-11-12-20(28-19)16-5-4-6-18(13-16)27-3/h4-14H,1-3H3/b21-14-,24-23+. The lowest BCUT2D eigenvalue weighted by Gasteiger charge is -2.07. The van der Waals surface area contributed by atoms with Gasteiger partial charge in [-0.25, -0.2) is 4.99 Å². The molecule has 0 atom stereocenters. The molecule has 4 nitrogen and oxygen atoms in total. The summed E-state index contributed by atoms with van der Waals surface area (Å²) in [6.07, 6.45) is 1.94. The number of amides is 1. The first-order valence-electron chi connectivity index (χ1n) is 9.11. The first-order valence-corrected chi connectivity index (χ1v) is 10.7. The first-order chi connectivity index (χ1) is 14.0. The summed E-state index contributed by atoms with van der Waals surface area (Å²) >= 11 is 3.05. The van der Waals surface area contributed by atoms with Gasteiger partial charge in [-0.15, -0.1) is 11.3 Å². The molecule has 0 N–H and O–H groups in total. The summed E-state index contributed by atoms with van der Waals surface area (Å²) in [4.78, 5) is 21.7. The van der Waals surface area contributed by atoms with Crippen LogP contribution in [0.4, 0.5) is 5.69 Å². The molecule has 2 aromatic carbocycles. The van der Waals surface area contributed by atoms with Gasteiger partial charge in [0.15, 0.2) is 5.17 Å². The van der Waals surface area contributed by atoms with Gasteiger partial charge in [-0.3, -0.25) is 9.69 Å². The topological polar surface area (TPSA) is 41.9 Å². The molecule has 0 unspecified atom stereocenters. The van der Waals surface area contributed by atoms with Gasteiger partial charge in [-0.1, -0.05) is 29.8 Å². The van der Waals surface area contributed by atoms with E-state index in [1.807, 2.05) is 61.5 Å². The van der Waals surface area contributed by atoms with Crippen molar-refractivity contribution in [3.05, 3.63) is 76.0 Å². The van der Waals surface area contributed by atoms with Gasteiger partial charge in [0.05, 0.1) is 17.7 Å². The molecule has 0 spiro atoms. The minimum absolute atomic E-state index is 0.0304. The number of thiophene rings is 1. The molecule has 0 radical (unpaired) electrons. The van der Waals surface area contributed by atoms with Crippen LogP contribution in [0.1, 0.15) is 10.4 Å². The number of amidine groups is 1. The Morgan fingerprint density at radius 3 is 2.62 bits per heavy atom. The zero-order valence-corrected chi connectivity index (χ0v) is 18.0. The Morgan fingerprint density at radius 1 is 1.07 bits per heavy atom. The van der Waals surface area contributed by atoms with E-state index in [0.29, 0.717) is 10.1 Å². The van der Waals surface area contributed by atoms with E-state index in [-0.39, 0.29) is 5.91 Å². The average Bonchev–Trinajstić information content (AvgIpc) is 3.31. The average molecular weight is 421 g/mol. The lowest BCUT2D eigenvalue weighted by molar-refractivity contribution is -0.121. The minimum atomic E-state index is -0.0304. The number of benzene rings is 2. The maximum absolute atomic E-state index is 12.7. The van der Waals surface area contributed by atoms with E-state index in [1.165, 1.54) is 17.3 Å². The van der Waals surface area contributed by atoms with Crippen molar-refractivity contribution in [2.24, 2.45) is 4.99 Å².